The van der Waals surface area contributed by atoms with Gasteiger partial charge in [-0.1, -0.05) is 43.0 Å². The van der Waals surface area contributed by atoms with Gasteiger partial charge in [0.05, 0.1) is 0 Å². The van der Waals surface area contributed by atoms with Gasteiger partial charge < -0.3 is 5.11 Å². The molecule has 0 spiro atoms. The van der Waals surface area contributed by atoms with Gasteiger partial charge in [-0.3, -0.25) is 14.5 Å². The summed E-state index contributed by atoms with van der Waals surface area (Å²) >= 11 is 13.5. The van der Waals surface area contributed by atoms with Gasteiger partial charge in [0.1, 0.15) is 5.75 Å². The minimum absolute atomic E-state index is 0.0147. The second-order valence-corrected chi connectivity index (χ2v) is 7.82. The Morgan fingerprint density at radius 1 is 1.31 bits per heavy atom. The quantitative estimate of drug-likeness (QED) is 0.483. The van der Waals surface area contributed by atoms with Gasteiger partial charge in [-0.15, -0.1) is 29.8 Å². The van der Waals surface area contributed by atoms with Crippen molar-refractivity contribution >= 4 is 35.0 Å². The maximum absolute atomic E-state index is 13.0. The predicted molar refractivity (Wildman–Crippen MR) is 103 cm³/mol. The summed E-state index contributed by atoms with van der Waals surface area (Å²) in [4.78, 5) is 23.2. The zero-order valence-corrected chi connectivity index (χ0v) is 15.8. The molecule has 3 unspecified atom stereocenters. The Kier molecular flexibility index (Phi) is 4.53. The number of amides is 2. The zero-order valence-electron chi connectivity index (χ0n) is 14.3. The number of allylic oxidation sites excluding steroid dienone is 4. The van der Waals surface area contributed by atoms with Gasteiger partial charge >= 0.3 is 0 Å². The highest BCUT2D eigenvalue weighted by Crippen LogP contribution is 2.59. The highest BCUT2D eigenvalue weighted by atomic mass is 35.5. The molecule has 1 aromatic carbocycles. The number of hydrogen-bond acceptors (Lipinski definition) is 3. The number of nitrogens with zero attached hydrogens (tertiary/aromatic N) is 1. The van der Waals surface area contributed by atoms with Gasteiger partial charge in [-0.2, -0.15) is 0 Å². The Morgan fingerprint density at radius 3 is 2.62 bits per heavy atom. The lowest BCUT2D eigenvalue weighted by molar-refractivity contribution is -0.137. The molecule has 1 fully saturated rings. The Labute approximate surface area is 162 Å². The van der Waals surface area contributed by atoms with E-state index >= 15 is 0 Å². The number of imide groups is 1. The SMILES string of the molecule is C=CCc1cccc(C2C(C=C)=CCC3(Cl)C(=O)N(C)C(=O)C23Cl)c1O. The van der Waals surface area contributed by atoms with Gasteiger partial charge in [-0.25, -0.2) is 0 Å². The van der Waals surface area contributed by atoms with Gasteiger partial charge in [0, 0.05) is 18.5 Å². The van der Waals surface area contributed by atoms with Crippen molar-refractivity contribution < 1.29 is 14.7 Å². The maximum Gasteiger partial charge on any atom is 0.253 e. The summed E-state index contributed by atoms with van der Waals surface area (Å²) in [5, 5.41) is 10.8. The lowest BCUT2D eigenvalue weighted by Gasteiger charge is -2.42. The third kappa shape index (κ3) is 2.22. The average molecular weight is 392 g/mol. The van der Waals surface area contributed by atoms with E-state index in [1.54, 1.807) is 36.4 Å². The van der Waals surface area contributed by atoms with Crippen molar-refractivity contribution in [2.45, 2.75) is 28.5 Å². The molecule has 1 heterocycles. The average Bonchev–Trinajstić information content (AvgIpc) is 2.76. The van der Waals surface area contributed by atoms with E-state index in [1.165, 1.54) is 7.05 Å². The minimum Gasteiger partial charge on any atom is -0.507 e. The summed E-state index contributed by atoms with van der Waals surface area (Å²) in [6.45, 7) is 7.49. The van der Waals surface area contributed by atoms with Crippen molar-refractivity contribution in [2.24, 2.45) is 0 Å². The molecule has 1 N–H and O–H groups in total. The number of aromatic hydroxyl groups is 1. The molecule has 0 saturated carbocycles. The number of phenolic OH excluding ortho intramolecular Hbond substituents is 1. The molecule has 2 amide bonds. The molecule has 1 saturated heterocycles. The molecule has 3 rings (SSSR count). The van der Waals surface area contributed by atoms with E-state index in [4.69, 9.17) is 23.2 Å². The first-order valence-corrected chi connectivity index (χ1v) is 8.94. The van der Waals surface area contributed by atoms with Crippen LogP contribution >= 0.6 is 23.2 Å². The molecule has 1 aliphatic heterocycles. The number of fused-ring (bicyclic) bond motifs is 1. The van der Waals surface area contributed by atoms with Crippen LogP contribution in [-0.4, -0.2) is 38.6 Å². The van der Waals surface area contributed by atoms with Gasteiger partial charge in [0.2, 0.25) is 0 Å². The second-order valence-electron chi connectivity index (χ2n) is 6.58. The first-order chi connectivity index (χ1) is 12.2. The highest BCUT2D eigenvalue weighted by Gasteiger charge is 2.72. The highest BCUT2D eigenvalue weighted by molar-refractivity contribution is 6.53. The van der Waals surface area contributed by atoms with Crippen LogP contribution in [0.3, 0.4) is 0 Å². The molecule has 3 atom stereocenters. The number of carbonyl (C=O) groups is 2. The monoisotopic (exact) mass is 391 g/mol. The van der Waals surface area contributed by atoms with Crippen molar-refractivity contribution in [3.8, 4) is 5.75 Å². The molecular formula is C20H19Cl2NO3. The summed E-state index contributed by atoms with van der Waals surface area (Å²) in [6.07, 6.45) is 5.58. The van der Waals surface area contributed by atoms with E-state index in [0.717, 1.165) is 4.90 Å². The summed E-state index contributed by atoms with van der Waals surface area (Å²) in [5.41, 5.74) is 1.74. The standard InChI is InChI=1S/C20H19Cl2NO3/c1-4-7-13-8-6-9-14(16(13)24)15-12(5-2)10-11-19(21)17(25)23(3)18(26)20(15,19)22/h4-6,8-10,15,24H,1-2,7,11H2,3H3. The zero-order chi connectivity index (χ0) is 19.3. The van der Waals surface area contributed by atoms with E-state index in [2.05, 4.69) is 13.2 Å². The summed E-state index contributed by atoms with van der Waals surface area (Å²) in [6, 6.07) is 5.22. The smallest absolute Gasteiger partial charge is 0.253 e. The van der Waals surface area contributed by atoms with Crippen molar-refractivity contribution in [3.63, 3.8) is 0 Å². The van der Waals surface area contributed by atoms with Crippen LogP contribution < -0.4 is 0 Å². The number of hydrogen-bond donors (Lipinski definition) is 1. The molecule has 1 aromatic rings. The van der Waals surface area contributed by atoms with Crippen LogP contribution in [0.5, 0.6) is 5.75 Å². The number of alkyl halides is 2. The Bertz CT molecular complexity index is 863. The van der Waals surface area contributed by atoms with Crippen LogP contribution in [0.4, 0.5) is 0 Å². The third-order valence-corrected chi connectivity index (χ3v) is 6.66. The molecule has 0 aromatic heterocycles. The molecule has 0 bridgehead atoms. The van der Waals surface area contributed by atoms with E-state index < -0.39 is 27.5 Å². The number of rotatable bonds is 4. The van der Waals surface area contributed by atoms with Crippen molar-refractivity contribution in [1.82, 2.24) is 4.90 Å². The minimum atomic E-state index is -1.75. The summed E-state index contributed by atoms with van der Waals surface area (Å²) < 4.78 is 0. The van der Waals surface area contributed by atoms with E-state index in [1.807, 2.05) is 0 Å². The molecule has 2 aliphatic rings. The first-order valence-electron chi connectivity index (χ1n) is 8.18. The molecule has 26 heavy (non-hydrogen) atoms. The molecule has 6 heteroatoms. The van der Waals surface area contributed by atoms with Crippen LogP contribution in [0.15, 0.2) is 55.2 Å². The topological polar surface area (TPSA) is 57.6 Å². The molecule has 0 radical (unpaired) electrons. The van der Waals surface area contributed by atoms with Crippen molar-refractivity contribution in [2.75, 3.05) is 7.05 Å². The molecule has 136 valence electrons. The first kappa shape index (κ1) is 18.7. The fraction of sp³-hybridized carbons (Fsp3) is 0.300. The number of benzene rings is 1. The number of carbonyl (C=O) groups excluding carboxylic acids is 2. The van der Waals surface area contributed by atoms with Crippen molar-refractivity contribution in [1.29, 1.82) is 0 Å². The predicted octanol–water partition coefficient (Wildman–Crippen LogP) is 3.67. The molecule has 4 nitrogen and oxygen atoms in total. The lowest BCUT2D eigenvalue weighted by atomic mass is 9.68. The van der Waals surface area contributed by atoms with Gasteiger partial charge in [0.15, 0.2) is 9.75 Å². The lowest BCUT2D eigenvalue weighted by Crippen LogP contribution is -2.54. The second kappa shape index (κ2) is 6.29. The molecule has 1 aliphatic carbocycles. The summed E-state index contributed by atoms with van der Waals surface area (Å²) in [5.74, 6) is -1.91. The van der Waals surface area contributed by atoms with Crippen LogP contribution in [0.25, 0.3) is 0 Å². The van der Waals surface area contributed by atoms with E-state index in [-0.39, 0.29) is 12.2 Å². The largest absolute Gasteiger partial charge is 0.507 e. The third-order valence-electron chi connectivity index (χ3n) is 5.25. The van der Waals surface area contributed by atoms with Crippen LogP contribution in [-0.2, 0) is 16.0 Å². The van der Waals surface area contributed by atoms with E-state index in [0.29, 0.717) is 23.1 Å². The number of halogens is 2. The Hall–Kier alpha value is -2.04. The fourth-order valence-electron chi connectivity index (χ4n) is 3.88. The summed E-state index contributed by atoms with van der Waals surface area (Å²) in [7, 11) is 1.37. The van der Waals surface area contributed by atoms with Crippen LogP contribution in [0.2, 0.25) is 0 Å². The van der Waals surface area contributed by atoms with Gasteiger partial charge in [-0.05, 0) is 24.0 Å². The van der Waals surface area contributed by atoms with Crippen molar-refractivity contribution in [3.05, 3.63) is 66.3 Å². The maximum atomic E-state index is 13.0. The Balaban J connectivity index is 2.29. The van der Waals surface area contributed by atoms with Crippen LogP contribution in [0.1, 0.15) is 23.5 Å². The fourth-order valence-corrected chi connectivity index (χ4v) is 4.80. The number of para-hydroxylation sites is 1. The van der Waals surface area contributed by atoms with E-state index in [9.17, 15) is 14.7 Å². The van der Waals surface area contributed by atoms with Gasteiger partial charge in [0.25, 0.3) is 11.8 Å². The number of phenols is 1. The van der Waals surface area contributed by atoms with Crippen LogP contribution in [0, 0.1) is 0 Å². The normalized spacial score (nSPS) is 30.8. The number of likely N-dealkylation sites (tertiary alicyclic amines) is 1. The Morgan fingerprint density at radius 2 is 2.00 bits per heavy atom. The molecular weight excluding hydrogens is 373 g/mol.